The lowest BCUT2D eigenvalue weighted by Crippen LogP contribution is -2.31. The summed E-state index contributed by atoms with van der Waals surface area (Å²) in [4.78, 5) is 25.0. The quantitative estimate of drug-likeness (QED) is 0.305. The number of hydrogen-bond donors (Lipinski definition) is 1. The van der Waals surface area contributed by atoms with E-state index in [0.717, 1.165) is 5.56 Å². The van der Waals surface area contributed by atoms with Crippen LogP contribution in [0.3, 0.4) is 0 Å². The Morgan fingerprint density at radius 1 is 1.00 bits per heavy atom. The molecule has 0 aliphatic rings. The van der Waals surface area contributed by atoms with Gasteiger partial charge in [0.2, 0.25) is 0 Å². The van der Waals surface area contributed by atoms with E-state index in [-0.39, 0.29) is 16.2 Å². The number of nitrogens with one attached hydrogen (secondary N) is 1. The molecule has 1 unspecified atom stereocenters. The number of esters is 1. The summed E-state index contributed by atoms with van der Waals surface area (Å²) in [6.45, 7) is 4.53. The normalized spacial score (nSPS) is 12.0. The Hall–Kier alpha value is -3.07. The molecule has 0 bridgehead atoms. The van der Waals surface area contributed by atoms with Gasteiger partial charge < -0.3 is 14.2 Å². The van der Waals surface area contributed by atoms with E-state index in [9.17, 15) is 18.0 Å². The van der Waals surface area contributed by atoms with Crippen molar-refractivity contribution in [2.75, 3.05) is 6.61 Å². The fraction of sp³-hybridized carbons (Fsp3) is 0.200. The molecular weight excluding hydrogens is 513 g/mol. The van der Waals surface area contributed by atoms with Crippen LogP contribution in [0.25, 0.3) is 0 Å². The number of para-hydroxylation sites is 1. The number of carbonyl (C=O) groups is 2. The molecule has 184 valence electrons. The first-order chi connectivity index (χ1) is 16.5. The third-order valence-corrected chi connectivity index (χ3v) is 7.00. The van der Waals surface area contributed by atoms with Crippen LogP contribution in [0.4, 0.5) is 0 Å². The highest BCUT2D eigenvalue weighted by Crippen LogP contribution is 2.27. The smallest absolute Gasteiger partial charge is 0.342 e. The third-order valence-electron chi connectivity index (χ3n) is 5.06. The molecule has 7 nitrogen and oxygen atoms in total. The lowest BCUT2D eigenvalue weighted by molar-refractivity contribution is -0.124. The van der Waals surface area contributed by atoms with Crippen molar-refractivity contribution in [1.29, 1.82) is 0 Å². The van der Waals surface area contributed by atoms with Gasteiger partial charge >= 0.3 is 16.1 Å². The molecule has 0 radical (unpaired) electrons. The number of rotatable bonds is 8. The predicted octanol–water partition coefficient (Wildman–Crippen LogP) is 5.41. The largest absolute Gasteiger partial charge is 0.452 e. The summed E-state index contributed by atoms with van der Waals surface area (Å²) in [6, 6.07) is 15.1. The Kier molecular flexibility index (Phi) is 8.43. The van der Waals surface area contributed by atoms with E-state index in [0.29, 0.717) is 21.2 Å². The van der Waals surface area contributed by atoms with Crippen LogP contribution >= 0.6 is 23.2 Å². The van der Waals surface area contributed by atoms with Crippen molar-refractivity contribution in [3.8, 4) is 5.75 Å². The van der Waals surface area contributed by atoms with E-state index in [1.807, 2.05) is 0 Å². The highest BCUT2D eigenvalue weighted by atomic mass is 35.5. The fourth-order valence-corrected chi connectivity index (χ4v) is 5.11. The summed E-state index contributed by atoms with van der Waals surface area (Å²) in [7, 11) is -4.22. The zero-order valence-electron chi connectivity index (χ0n) is 19.2. The van der Waals surface area contributed by atoms with Crippen LogP contribution in [-0.2, 0) is 19.6 Å². The molecule has 35 heavy (non-hydrogen) atoms. The van der Waals surface area contributed by atoms with E-state index >= 15 is 0 Å². The highest BCUT2D eigenvalue weighted by molar-refractivity contribution is 7.87. The summed E-state index contributed by atoms with van der Waals surface area (Å²) >= 11 is 12.1. The van der Waals surface area contributed by atoms with Crippen molar-refractivity contribution in [3.05, 3.63) is 93.0 Å². The third kappa shape index (κ3) is 6.75. The van der Waals surface area contributed by atoms with Crippen LogP contribution in [0.2, 0.25) is 10.0 Å². The van der Waals surface area contributed by atoms with Gasteiger partial charge in [-0.2, -0.15) is 8.42 Å². The minimum atomic E-state index is -4.22. The van der Waals surface area contributed by atoms with Gasteiger partial charge in [-0.05, 0) is 67.8 Å². The van der Waals surface area contributed by atoms with E-state index in [1.54, 1.807) is 51.1 Å². The SMILES string of the molecule is Cc1ccc(C)c(S(=O)(=O)Oc2ccccc2C(=O)OCC(=O)NC(C)c2ccc(Cl)cc2Cl)c1. The first-order valence-corrected chi connectivity index (χ1v) is 12.7. The molecule has 0 aliphatic carbocycles. The molecule has 0 fully saturated rings. The molecule has 0 heterocycles. The van der Waals surface area contributed by atoms with E-state index in [4.69, 9.17) is 32.1 Å². The van der Waals surface area contributed by atoms with Crippen LogP contribution in [0.15, 0.2) is 65.6 Å². The number of halogens is 2. The summed E-state index contributed by atoms with van der Waals surface area (Å²) in [5, 5.41) is 3.53. The van der Waals surface area contributed by atoms with Crippen LogP contribution in [-0.4, -0.2) is 26.9 Å². The topological polar surface area (TPSA) is 98.8 Å². The number of amides is 1. The van der Waals surface area contributed by atoms with Crippen molar-refractivity contribution in [3.63, 3.8) is 0 Å². The minimum Gasteiger partial charge on any atom is -0.452 e. The second kappa shape index (κ2) is 11.1. The van der Waals surface area contributed by atoms with E-state index in [2.05, 4.69) is 5.32 Å². The number of hydrogen-bond acceptors (Lipinski definition) is 6. The maximum atomic E-state index is 12.9. The highest BCUT2D eigenvalue weighted by Gasteiger charge is 2.24. The van der Waals surface area contributed by atoms with Crippen molar-refractivity contribution < 1.29 is 26.9 Å². The summed E-state index contributed by atoms with van der Waals surface area (Å²) in [5.41, 5.74) is 1.75. The van der Waals surface area contributed by atoms with Gasteiger partial charge in [-0.1, -0.05) is 53.5 Å². The van der Waals surface area contributed by atoms with Crippen molar-refractivity contribution >= 4 is 45.2 Å². The lowest BCUT2D eigenvalue weighted by atomic mass is 10.1. The van der Waals surface area contributed by atoms with Gasteiger partial charge in [-0.15, -0.1) is 0 Å². The van der Waals surface area contributed by atoms with Gasteiger partial charge in [0, 0.05) is 10.0 Å². The van der Waals surface area contributed by atoms with Gasteiger partial charge in [0.05, 0.1) is 6.04 Å². The maximum Gasteiger partial charge on any atom is 0.342 e. The van der Waals surface area contributed by atoms with E-state index in [1.165, 1.54) is 30.3 Å². The molecule has 1 N–H and O–H groups in total. The second-order valence-electron chi connectivity index (χ2n) is 7.83. The van der Waals surface area contributed by atoms with Crippen LogP contribution < -0.4 is 9.50 Å². The maximum absolute atomic E-state index is 12.9. The molecule has 0 spiro atoms. The molecular formula is C25H23Cl2NO6S. The molecule has 10 heteroatoms. The Morgan fingerprint density at radius 2 is 1.71 bits per heavy atom. The van der Waals surface area contributed by atoms with Crippen molar-refractivity contribution in [1.82, 2.24) is 5.32 Å². The Labute approximate surface area is 214 Å². The monoisotopic (exact) mass is 535 g/mol. The average Bonchev–Trinajstić information content (AvgIpc) is 2.79. The Bertz CT molecular complexity index is 1370. The molecule has 0 aliphatic heterocycles. The summed E-state index contributed by atoms with van der Waals surface area (Å²) in [6.07, 6.45) is 0. The van der Waals surface area contributed by atoms with Gasteiger partial charge in [-0.25, -0.2) is 4.79 Å². The standard InChI is InChI=1S/C25H23Cl2NO6S/c1-15-8-9-16(2)23(12-15)35(31,32)34-22-7-5-4-6-20(22)25(30)33-14-24(29)28-17(3)19-11-10-18(26)13-21(19)27/h4-13,17H,14H2,1-3H3,(H,28,29). The van der Waals surface area contributed by atoms with Crippen LogP contribution in [0.1, 0.15) is 40.0 Å². The Morgan fingerprint density at radius 3 is 2.43 bits per heavy atom. The first-order valence-electron chi connectivity index (χ1n) is 10.5. The lowest BCUT2D eigenvalue weighted by Gasteiger charge is -2.16. The molecule has 0 aromatic heterocycles. The molecule has 1 atom stereocenters. The zero-order chi connectivity index (χ0) is 25.8. The minimum absolute atomic E-state index is 0.00473. The molecule has 3 aromatic rings. The first kappa shape index (κ1) is 26.5. The molecule has 0 saturated heterocycles. The number of aryl methyl sites for hydroxylation is 2. The predicted molar refractivity (Wildman–Crippen MR) is 133 cm³/mol. The van der Waals surface area contributed by atoms with Gasteiger partial charge in [0.25, 0.3) is 5.91 Å². The molecule has 1 amide bonds. The number of benzene rings is 3. The molecule has 0 saturated carbocycles. The van der Waals surface area contributed by atoms with Crippen molar-refractivity contribution in [2.45, 2.75) is 31.7 Å². The van der Waals surface area contributed by atoms with Crippen molar-refractivity contribution in [2.24, 2.45) is 0 Å². The number of ether oxygens (including phenoxy) is 1. The second-order valence-corrected chi connectivity index (χ2v) is 10.2. The Balaban J connectivity index is 1.68. The summed E-state index contributed by atoms with van der Waals surface area (Å²) in [5.74, 6) is -1.69. The zero-order valence-corrected chi connectivity index (χ0v) is 21.5. The van der Waals surface area contributed by atoms with Crippen LogP contribution in [0.5, 0.6) is 5.75 Å². The molecule has 3 aromatic carbocycles. The fourth-order valence-electron chi connectivity index (χ4n) is 3.27. The van der Waals surface area contributed by atoms with Crippen LogP contribution in [0, 0.1) is 13.8 Å². The average molecular weight is 536 g/mol. The van der Waals surface area contributed by atoms with Gasteiger partial charge in [0.1, 0.15) is 10.5 Å². The molecule has 3 rings (SSSR count). The number of carbonyl (C=O) groups excluding carboxylic acids is 2. The summed E-state index contributed by atoms with van der Waals surface area (Å²) < 4.78 is 36.1. The van der Waals surface area contributed by atoms with E-state index < -0.39 is 34.6 Å². The van der Waals surface area contributed by atoms with Gasteiger partial charge in [-0.3, -0.25) is 4.79 Å². The van der Waals surface area contributed by atoms with Gasteiger partial charge in [0.15, 0.2) is 12.4 Å².